The van der Waals surface area contributed by atoms with E-state index < -0.39 is 0 Å². The van der Waals surface area contributed by atoms with Crippen LogP contribution in [0, 0.1) is 0 Å². The Morgan fingerprint density at radius 3 is 2.60 bits per heavy atom. The minimum absolute atomic E-state index is 0.213. The van der Waals surface area contributed by atoms with Crippen LogP contribution >= 0.6 is 0 Å². The molecule has 0 atom stereocenters. The number of methoxy groups -OCH3 is 1. The average Bonchev–Trinajstić information content (AvgIpc) is 3.34. The third-order valence-corrected chi connectivity index (χ3v) is 4.71. The highest BCUT2D eigenvalue weighted by atomic mass is 16.5. The number of hydrogen-bond acceptors (Lipinski definition) is 4. The second-order valence-corrected chi connectivity index (χ2v) is 6.26. The number of hydrogen-bond donors (Lipinski definition) is 0. The van der Waals surface area contributed by atoms with Gasteiger partial charge in [-0.2, -0.15) is 10.2 Å². The van der Waals surface area contributed by atoms with Crippen molar-refractivity contribution in [1.82, 2.24) is 19.6 Å². The molecule has 1 aromatic carbocycles. The van der Waals surface area contributed by atoms with E-state index in [-0.39, 0.29) is 5.43 Å². The Hall–Kier alpha value is -2.89. The summed E-state index contributed by atoms with van der Waals surface area (Å²) >= 11 is 0. The monoisotopic (exact) mass is 336 g/mol. The van der Waals surface area contributed by atoms with Crippen LogP contribution in [0.4, 0.5) is 0 Å². The highest BCUT2D eigenvalue weighted by Crippen LogP contribution is 2.30. The SMILES string of the molecule is COc1cn(C2CCCC2)nc(-c2ccnn2-c2ccccc2)c1=O. The van der Waals surface area contributed by atoms with E-state index in [1.165, 1.54) is 20.0 Å². The predicted octanol–water partition coefficient (Wildman–Crippen LogP) is 3.22. The molecule has 1 fully saturated rings. The van der Waals surface area contributed by atoms with Gasteiger partial charge in [0.15, 0.2) is 11.4 Å². The fourth-order valence-corrected chi connectivity index (χ4v) is 3.41. The lowest BCUT2D eigenvalue weighted by Crippen LogP contribution is -2.20. The van der Waals surface area contributed by atoms with Crippen LogP contribution in [0.2, 0.25) is 0 Å². The van der Waals surface area contributed by atoms with Crippen molar-refractivity contribution in [1.29, 1.82) is 0 Å². The summed E-state index contributed by atoms with van der Waals surface area (Å²) in [5.74, 6) is 0.317. The summed E-state index contributed by atoms with van der Waals surface area (Å²) in [7, 11) is 1.52. The largest absolute Gasteiger partial charge is 0.491 e. The van der Waals surface area contributed by atoms with E-state index in [0.29, 0.717) is 23.2 Å². The Morgan fingerprint density at radius 2 is 1.88 bits per heavy atom. The first-order valence-corrected chi connectivity index (χ1v) is 8.55. The Balaban J connectivity index is 1.87. The topological polar surface area (TPSA) is 61.9 Å². The second-order valence-electron chi connectivity index (χ2n) is 6.26. The van der Waals surface area contributed by atoms with Crippen molar-refractivity contribution in [2.75, 3.05) is 7.11 Å². The molecular formula is C19H20N4O2. The Kier molecular flexibility index (Phi) is 4.09. The molecule has 1 aliphatic rings. The number of aromatic nitrogens is 4. The first kappa shape index (κ1) is 15.6. The molecule has 3 aromatic rings. The second kappa shape index (κ2) is 6.55. The molecular weight excluding hydrogens is 316 g/mol. The summed E-state index contributed by atoms with van der Waals surface area (Å²) in [5.41, 5.74) is 1.71. The maximum atomic E-state index is 12.8. The highest BCUT2D eigenvalue weighted by Gasteiger charge is 2.22. The molecule has 0 N–H and O–H groups in total. The van der Waals surface area contributed by atoms with Crippen LogP contribution in [0.15, 0.2) is 53.6 Å². The summed E-state index contributed by atoms with van der Waals surface area (Å²) in [4.78, 5) is 12.8. The van der Waals surface area contributed by atoms with Gasteiger partial charge in [0.1, 0.15) is 0 Å². The van der Waals surface area contributed by atoms with E-state index in [1.54, 1.807) is 17.1 Å². The van der Waals surface area contributed by atoms with Gasteiger partial charge in [-0.05, 0) is 31.0 Å². The van der Waals surface area contributed by atoms with E-state index >= 15 is 0 Å². The van der Waals surface area contributed by atoms with Gasteiger partial charge in [0.25, 0.3) is 5.43 Å². The summed E-state index contributed by atoms with van der Waals surface area (Å²) in [6, 6.07) is 11.9. The van der Waals surface area contributed by atoms with Gasteiger partial charge in [0.2, 0.25) is 0 Å². The van der Waals surface area contributed by atoms with Gasteiger partial charge in [-0.25, -0.2) is 4.68 Å². The van der Waals surface area contributed by atoms with Crippen molar-refractivity contribution in [2.45, 2.75) is 31.7 Å². The quantitative estimate of drug-likeness (QED) is 0.734. The smallest absolute Gasteiger partial charge is 0.251 e. The molecule has 0 amide bonds. The molecule has 0 saturated heterocycles. The van der Waals surface area contributed by atoms with Gasteiger partial charge in [0.05, 0.1) is 36.9 Å². The van der Waals surface area contributed by atoms with Crippen molar-refractivity contribution >= 4 is 0 Å². The lowest BCUT2D eigenvalue weighted by molar-refractivity contribution is 0.387. The normalized spacial score (nSPS) is 14.8. The molecule has 0 radical (unpaired) electrons. The van der Waals surface area contributed by atoms with Gasteiger partial charge in [-0.3, -0.25) is 9.48 Å². The Labute approximate surface area is 145 Å². The molecule has 6 nitrogen and oxygen atoms in total. The van der Waals surface area contributed by atoms with Crippen LogP contribution in [-0.2, 0) is 0 Å². The van der Waals surface area contributed by atoms with E-state index in [4.69, 9.17) is 4.74 Å². The van der Waals surface area contributed by atoms with Gasteiger partial charge in [0, 0.05) is 0 Å². The maximum absolute atomic E-state index is 12.8. The number of para-hydroxylation sites is 1. The van der Waals surface area contributed by atoms with Crippen LogP contribution in [0.25, 0.3) is 17.1 Å². The summed E-state index contributed by atoms with van der Waals surface area (Å²) in [6.45, 7) is 0. The summed E-state index contributed by atoms with van der Waals surface area (Å²) in [5, 5.41) is 9.03. The zero-order chi connectivity index (χ0) is 17.2. The van der Waals surface area contributed by atoms with Crippen LogP contribution in [-0.4, -0.2) is 26.7 Å². The fourth-order valence-electron chi connectivity index (χ4n) is 3.41. The minimum atomic E-state index is -0.213. The molecule has 2 heterocycles. The Morgan fingerprint density at radius 1 is 1.12 bits per heavy atom. The van der Waals surface area contributed by atoms with Crippen molar-refractivity contribution in [3.63, 3.8) is 0 Å². The van der Waals surface area contributed by atoms with Crippen LogP contribution in [0.3, 0.4) is 0 Å². The van der Waals surface area contributed by atoms with Crippen molar-refractivity contribution in [3.8, 4) is 22.8 Å². The Bertz CT molecular complexity index is 924. The van der Waals surface area contributed by atoms with Gasteiger partial charge in [-0.15, -0.1) is 0 Å². The molecule has 0 bridgehead atoms. The molecule has 0 spiro atoms. The minimum Gasteiger partial charge on any atom is -0.491 e. The molecule has 0 aliphatic heterocycles. The van der Waals surface area contributed by atoms with E-state index in [1.807, 2.05) is 41.1 Å². The van der Waals surface area contributed by atoms with Crippen molar-refractivity contribution in [2.24, 2.45) is 0 Å². The highest BCUT2D eigenvalue weighted by molar-refractivity contribution is 5.58. The van der Waals surface area contributed by atoms with Crippen LogP contribution < -0.4 is 10.2 Å². The fraction of sp³-hybridized carbons (Fsp3) is 0.316. The zero-order valence-corrected chi connectivity index (χ0v) is 14.1. The molecule has 25 heavy (non-hydrogen) atoms. The number of ether oxygens (including phenoxy) is 1. The number of rotatable bonds is 4. The summed E-state index contributed by atoms with van der Waals surface area (Å²) < 4.78 is 8.96. The van der Waals surface area contributed by atoms with Gasteiger partial charge >= 0.3 is 0 Å². The van der Waals surface area contributed by atoms with Gasteiger partial charge < -0.3 is 4.74 Å². The van der Waals surface area contributed by atoms with E-state index in [2.05, 4.69) is 10.2 Å². The molecule has 0 unspecified atom stereocenters. The maximum Gasteiger partial charge on any atom is 0.251 e. The van der Waals surface area contributed by atoms with E-state index in [9.17, 15) is 4.79 Å². The first-order valence-electron chi connectivity index (χ1n) is 8.55. The average molecular weight is 336 g/mol. The first-order chi connectivity index (χ1) is 12.3. The third-order valence-electron chi connectivity index (χ3n) is 4.71. The van der Waals surface area contributed by atoms with Crippen molar-refractivity contribution < 1.29 is 4.74 Å². The molecule has 6 heteroatoms. The lowest BCUT2D eigenvalue weighted by atomic mass is 10.2. The number of benzene rings is 1. The summed E-state index contributed by atoms with van der Waals surface area (Å²) in [6.07, 6.45) is 7.96. The standard InChI is InChI=1S/C19H20N4O2/c1-25-17-13-22(14-7-5-6-8-14)21-18(19(17)24)16-11-12-20-23(16)15-9-3-2-4-10-15/h2-4,9-14H,5-8H2,1H3. The number of nitrogens with zero attached hydrogens (tertiary/aromatic N) is 4. The van der Waals surface area contributed by atoms with E-state index in [0.717, 1.165) is 18.5 Å². The third kappa shape index (κ3) is 2.84. The van der Waals surface area contributed by atoms with Crippen LogP contribution in [0.5, 0.6) is 5.75 Å². The molecule has 4 rings (SSSR count). The van der Waals surface area contributed by atoms with Crippen LogP contribution in [0.1, 0.15) is 31.7 Å². The zero-order valence-electron chi connectivity index (χ0n) is 14.1. The van der Waals surface area contributed by atoms with Crippen molar-refractivity contribution in [3.05, 3.63) is 59.0 Å². The molecule has 1 aliphatic carbocycles. The molecule has 1 saturated carbocycles. The molecule has 128 valence electrons. The molecule has 2 aromatic heterocycles. The van der Waals surface area contributed by atoms with Gasteiger partial charge in [-0.1, -0.05) is 31.0 Å². The lowest BCUT2D eigenvalue weighted by Gasteiger charge is -2.16. The predicted molar refractivity (Wildman–Crippen MR) is 95.1 cm³/mol.